The zero-order valence-corrected chi connectivity index (χ0v) is 9.80. The summed E-state index contributed by atoms with van der Waals surface area (Å²) in [6.07, 6.45) is 0.396. The fourth-order valence-electron chi connectivity index (χ4n) is 0.947. The molecule has 0 aromatic carbocycles. The van der Waals surface area contributed by atoms with Crippen LogP contribution >= 0.6 is 0 Å². The SMILES string of the molecule is CCC(CN)S(=O)(=O)NCC(C)OC. The molecular weight excluding hydrogens is 204 g/mol. The van der Waals surface area contributed by atoms with Gasteiger partial charge in [0, 0.05) is 20.2 Å². The number of ether oxygens (including phenoxy) is 1. The van der Waals surface area contributed by atoms with Crippen molar-refractivity contribution in [3.05, 3.63) is 0 Å². The first-order valence-corrected chi connectivity index (χ1v) is 6.23. The molecule has 0 fully saturated rings. The van der Waals surface area contributed by atoms with Crippen molar-refractivity contribution in [2.45, 2.75) is 31.6 Å². The monoisotopic (exact) mass is 224 g/mol. The number of nitrogens with two attached hydrogens (primary N) is 1. The lowest BCUT2D eigenvalue weighted by atomic mass is 10.3. The average Bonchev–Trinajstić information content (AvgIpc) is 2.15. The Morgan fingerprint density at radius 2 is 2.07 bits per heavy atom. The standard InChI is InChI=1S/C8H20N2O3S/c1-4-8(5-9)14(11,12)10-6-7(2)13-3/h7-8,10H,4-6,9H2,1-3H3. The minimum absolute atomic E-state index is 0.125. The minimum Gasteiger partial charge on any atom is -0.380 e. The van der Waals surface area contributed by atoms with Crippen LogP contribution in [0.1, 0.15) is 20.3 Å². The molecule has 0 radical (unpaired) electrons. The first-order valence-electron chi connectivity index (χ1n) is 4.69. The average molecular weight is 224 g/mol. The van der Waals surface area contributed by atoms with Gasteiger partial charge in [0.15, 0.2) is 0 Å². The van der Waals surface area contributed by atoms with E-state index < -0.39 is 15.3 Å². The zero-order chi connectivity index (χ0) is 11.2. The second-order valence-corrected chi connectivity index (χ2v) is 5.25. The van der Waals surface area contributed by atoms with Crippen LogP contribution in [0.3, 0.4) is 0 Å². The molecule has 2 unspecified atom stereocenters. The van der Waals surface area contributed by atoms with Gasteiger partial charge in [-0.2, -0.15) is 0 Å². The van der Waals surface area contributed by atoms with Crippen molar-refractivity contribution in [1.29, 1.82) is 0 Å². The molecule has 0 rings (SSSR count). The molecule has 3 N–H and O–H groups in total. The molecule has 6 heteroatoms. The highest BCUT2D eigenvalue weighted by molar-refractivity contribution is 7.90. The first kappa shape index (κ1) is 13.8. The Kier molecular flexibility index (Phi) is 6.26. The van der Waals surface area contributed by atoms with E-state index in [1.165, 1.54) is 0 Å². The van der Waals surface area contributed by atoms with E-state index in [2.05, 4.69) is 4.72 Å². The lowest BCUT2D eigenvalue weighted by molar-refractivity contribution is 0.122. The summed E-state index contributed by atoms with van der Waals surface area (Å²) >= 11 is 0. The topological polar surface area (TPSA) is 81.4 Å². The van der Waals surface area contributed by atoms with Crippen LogP contribution in [0.4, 0.5) is 0 Å². The van der Waals surface area contributed by atoms with E-state index in [4.69, 9.17) is 10.5 Å². The molecule has 0 aliphatic heterocycles. The minimum atomic E-state index is -3.28. The van der Waals surface area contributed by atoms with E-state index in [1.54, 1.807) is 21.0 Å². The molecule has 0 bridgehead atoms. The Morgan fingerprint density at radius 3 is 2.43 bits per heavy atom. The lowest BCUT2D eigenvalue weighted by Gasteiger charge is -2.16. The molecule has 0 saturated heterocycles. The van der Waals surface area contributed by atoms with Gasteiger partial charge in [0.25, 0.3) is 0 Å². The van der Waals surface area contributed by atoms with Crippen molar-refractivity contribution >= 4 is 10.0 Å². The number of hydrogen-bond donors (Lipinski definition) is 2. The summed E-state index contributed by atoms with van der Waals surface area (Å²) in [7, 11) is -1.74. The second-order valence-electron chi connectivity index (χ2n) is 3.21. The van der Waals surface area contributed by atoms with Gasteiger partial charge in [0.2, 0.25) is 10.0 Å². The summed E-state index contributed by atoms with van der Waals surface area (Å²) < 4.78 is 30.5. The summed E-state index contributed by atoms with van der Waals surface area (Å²) in [6.45, 7) is 4.03. The maximum Gasteiger partial charge on any atom is 0.215 e. The van der Waals surface area contributed by atoms with Crippen LogP contribution in [0.25, 0.3) is 0 Å². The molecule has 0 heterocycles. The highest BCUT2D eigenvalue weighted by Gasteiger charge is 2.22. The number of rotatable bonds is 7. The van der Waals surface area contributed by atoms with Crippen molar-refractivity contribution in [2.75, 3.05) is 20.2 Å². The number of nitrogens with one attached hydrogen (secondary N) is 1. The van der Waals surface area contributed by atoms with Crippen molar-refractivity contribution < 1.29 is 13.2 Å². The largest absolute Gasteiger partial charge is 0.380 e. The van der Waals surface area contributed by atoms with Crippen LogP contribution in [-0.4, -0.2) is 40.0 Å². The molecule has 0 aromatic rings. The molecule has 86 valence electrons. The molecule has 0 spiro atoms. The maximum absolute atomic E-state index is 11.6. The van der Waals surface area contributed by atoms with Gasteiger partial charge >= 0.3 is 0 Å². The van der Waals surface area contributed by atoms with Crippen molar-refractivity contribution in [1.82, 2.24) is 4.72 Å². The van der Waals surface area contributed by atoms with E-state index in [1.807, 2.05) is 0 Å². The molecule has 0 saturated carbocycles. The van der Waals surface area contributed by atoms with Gasteiger partial charge in [0.05, 0.1) is 11.4 Å². The van der Waals surface area contributed by atoms with E-state index in [0.717, 1.165) is 0 Å². The van der Waals surface area contributed by atoms with E-state index in [-0.39, 0.29) is 19.2 Å². The first-order chi connectivity index (χ1) is 6.47. The molecule has 0 aliphatic carbocycles. The Balaban J connectivity index is 4.20. The van der Waals surface area contributed by atoms with Gasteiger partial charge in [-0.3, -0.25) is 0 Å². The third kappa shape index (κ3) is 4.36. The highest BCUT2D eigenvalue weighted by atomic mass is 32.2. The summed E-state index contributed by atoms with van der Waals surface area (Å²) in [6, 6.07) is 0. The Labute approximate surface area is 86.1 Å². The smallest absolute Gasteiger partial charge is 0.215 e. The molecule has 2 atom stereocenters. The van der Waals surface area contributed by atoms with Gasteiger partial charge in [-0.1, -0.05) is 6.92 Å². The van der Waals surface area contributed by atoms with Gasteiger partial charge in [-0.25, -0.2) is 13.1 Å². The number of sulfonamides is 1. The second kappa shape index (κ2) is 6.34. The Hall–Kier alpha value is -0.170. The Morgan fingerprint density at radius 1 is 1.50 bits per heavy atom. The third-order valence-electron chi connectivity index (χ3n) is 2.13. The molecular formula is C8H20N2O3S. The fraction of sp³-hybridized carbons (Fsp3) is 1.00. The summed E-state index contributed by atoms with van der Waals surface area (Å²) in [5, 5.41) is -0.508. The summed E-state index contributed by atoms with van der Waals surface area (Å²) in [4.78, 5) is 0. The van der Waals surface area contributed by atoms with Crippen molar-refractivity contribution in [3.63, 3.8) is 0 Å². The number of hydrogen-bond acceptors (Lipinski definition) is 4. The van der Waals surface area contributed by atoms with Crippen LogP contribution in [0.2, 0.25) is 0 Å². The van der Waals surface area contributed by atoms with Crippen LogP contribution in [0, 0.1) is 0 Å². The van der Waals surface area contributed by atoms with Gasteiger partial charge in [-0.05, 0) is 13.3 Å². The van der Waals surface area contributed by atoms with Crippen LogP contribution in [-0.2, 0) is 14.8 Å². The molecule has 0 aromatic heterocycles. The molecule has 0 amide bonds. The van der Waals surface area contributed by atoms with E-state index in [9.17, 15) is 8.42 Å². The predicted molar refractivity (Wildman–Crippen MR) is 56.5 cm³/mol. The quantitative estimate of drug-likeness (QED) is 0.621. The highest BCUT2D eigenvalue weighted by Crippen LogP contribution is 2.02. The molecule has 5 nitrogen and oxygen atoms in total. The van der Waals surface area contributed by atoms with Crippen LogP contribution in [0.15, 0.2) is 0 Å². The maximum atomic E-state index is 11.6. The molecule has 14 heavy (non-hydrogen) atoms. The normalized spacial score (nSPS) is 16.6. The fourth-order valence-corrected chi connectivity index (χ4v) is 2.34. The van der Waals surface area contributed by atoms with Crippen LogP contribution in [0.5, 0.6) is 0 Å². The summed E-state index contributed by atoms with van der Waals surface area (Å²) in [5.74, 6) is 0. The van der Waals surface area contributed by atoms with Crippen LogP contribution < -0.4 is 10.5 Å². The number of methoxy groups -OCH3 is 1. The molecule has 0 aliphatic rings. The van der Waals surface area contributed by atoms with Crippen molar-refractivity contribution in [2.24, 2.45) is 5.73 Å². The zero-order valence-electron chi connectivity index (χ0n) is 8.99. The van der Waals surface area contributed by atoms with Crippen molar-refractivity contribution in [3.8, 4) is 0 Å². The van der Waals surface area contributed by atoms with Gasteiger partial charge in [-0.15, -0.1) is 0 Å². The lowest BCUT2D eigenvalue weighted by Crippen LogP contribution is -2.41. The van der Waals surface area contributed by atoms with E-state index in [0.29, 0.717) is 6.42 Å². The predicted octanol–water partition coefficient (Wildman–Crippen LogP) is -0.322. The van der Waals surface area contributed by atoms with Gasteiger partial charge in [0.1, 0.15) is 0 Å². The van der Waals surface area contributed by atoms with E-state index >= 15 is 0 Å². The Bertz CT molecular complexity index is 237. The van der Waals surface area contributed by atoms with Gasteiger partial charge < -0.3 is 10.5 Å². The summed E-state index contributed by atoms with van der Waals surface area (Å²) in [5.41, 5.74) is 5.36. The third-order valence-corrected chi connectivity index (χ3v) is 4.10.